The molecule has 1 heterocycles. The summed E-state index contributed by atoms with van der Waals surface area (Å²) >= 11 is 3.45. The van der Waals surface area contributed by atoms with E-state index in [9.17, 15) is 4.79 Å². The van der Waals surface area contributed by atoms with Crippen LogP contribution >= 0.6 is 15.9 Å². The Hall–Kier alpha value is -2.32. The molecule has 5 heteroatoms. The number of carbonyl (C=O) groups is 1. The third kappa shape index (κ3) is 3.61. The molecule has 0 fully saturated rings. The van der Waals surface area contributed by atoms with E-state index in [1.165, 1.54) is 6.08 Å². The van der Waals surface area contributed by atoms with Gasteiger partial charge >= 0.3 is 5.97 Å². The van der Waals surface area contributed by atoms with E-state index in [0.29, 0.717) is 11.5 Å². The van der Waals surface area contributed by atoms with Gasteiger partial charge < -0.3 is 9.15 Å². The number of hydrogen-bond donors (Lipinski definition) is 0. The third-order valence-electron chi connectivity index (χ3n) is 2.67. The highest BCUT2D eigenvalue weighted by molar-refractivity contribution is 9.10. The predicted molar refractivity (Wildman–Crippen MR) is 82.1 cm³/mol. The number of nitriles is 1. The van der Waals surface area contributed by atoms with E-state index in [1.54, 1.807) is 19.1 Å². The summed E-state index contributed by atoms with van der Waals surface area (Å²) in [5, 5.41) is 8.98. The van der Waals surface area contributed by atoms with Crippen LogP contribution in [0.2, 0.25) is 0 Å². The maximum Gasteiger partial charge on any atom is 0.349 e. The Morgan fingerprint density at radius 2 is 2.14 bits per heavy atom. The van der Waals surface area contributed by atoms with Gasteiger partial charge in [0.05, 0.1) is 6.61 Å². The van der Waals surface area contributed by atoms with Gasteiger partial charge in [0.15, 0.2) is 0 Å². The van der Waals surface area contributed by atoms with Gasteiger partial charge in [-0.05, 0) is 25.1 Å². The highest BCUT2D eigenvalue weighted by Crippen LogP contribution is 2.29. The van der Waals surface area contributed by atoms with Crippen LogP contribution in [0.25, 0.3) is 17.4 Å². The zero-order chi connectivity index (χ0) is 15.2. The number of halogens is 1. The van der Waals surface area contributed by atoms with Gasteiger partial charge in [-0.15, -0.1) is 0 Å². The molecular weight excluding hydrogens is 334 g/mol. The summed E-state index contributed by atoms with van der Waals surface area (Å²) < 4.78 is 11.3. The number of furan rings is 1. The zero-order valence-electron chi connectivity index (χ0n) is 11.3. The van der Waals surface area contributed by atoms with Crippen molar-refractivity contribution in [2.24, 2.45) is 0 Å². The number of esters is 1. The summed E-state index contributed by atoms with van der Waals surface area (Å²) in [4.78, 5) is 11.5. The first-order chi connectivity index (χ1) is 10.2. The van der Waals surface area contributed by atoms with Crippen LogP contribution in [0.3, 0.4) is 0 Å². The average molecular weight is 346 g/mol. The molecule has 0 bridgehead atoms. The standard InChI is InChI=1S/C16H12BrNO3/c1-2-20-16(19)11(10-18)9-12-7-8-15(21-12)13-5-3-4-6-14(13)17/h3-9H,2H2,1H3/b11-9+. The first kappa shape index (κ1) is 15.1. The fourth-order valence-corrected chi connectivity index (χ4v) is 2.20. The number of carbonyl (C=O) groups excluding carboxylic acids is 1. The van der Waals surface area contributed by atoms with Crippen LogP contribution in [0.5, 0.6) is 0 Å². The van der Waals surface area contributed by atoms with Gasteiger partial charge in [0.1, 0.15) is 23.2 Å². The van der Waals surface area contributed by atoms with Crippen molar-refractivity contribution < 1.29 is 13.9 Å². The summed E-state index contributed by atoms with van der Waals surface area (Å²) in [6, 6.07) is 12.9. The Morgan fingerprint density at radius 1 is 1.38 bits per heavy atom. The molecule has 1 aromatic heterocycles. The van der Waals surface area contributed by atoms with E-state index in [4.69, 9.17) is 14.4 Å². The fourth-order valence-electron chi connectivity index (χ4n) is 1.72. The molecule has 106 valence electrons. The smallest absolute Gasteiger partial charge is 0.349 e. The van der Waals surface area contributed by atoms with Gasteiger partial charge in [-0.25, -0.2) is 4.79 Å². The lowest BCUT2D eigenvalue weighted by atomic mass is 10.2. The Bertz CT molecular complexity index is 725. The quantitative estimate of drug-likeness (QED) is 0.473. The van der Waals surface area contributed by atoms with Crippen LogP contribution in [0.15, 0.2) is 50.9 Å². The molecule has 2 aromatic rings. The second-order valence-corrected chi connectivity index (χ2v) is 4.93. The molecule has 0 saturated heterocycles. The van der Waals surface area contributed by atoms with Crippen LogP contribution < -0.4 is 0 Å². The van der Waals surface area contributed by atoms with Crippen LogP contribution in [0.1, 0.15) is 12.7 Å². The van der Waals surface area contributed by atoms with Crippen molar-refractivity contribution in [2.75, 3.05) is 6.61 Å². The number of rotatable bonds is 4. The SMILES string of the molecule is CCOC(=O)/C(C#N)=C/c1ccc(-c2ccccc2Br)o1. The molecule has 0 radical (unpaired) electrons. The monoisotopic (exact) mass is 345 g/mol. The predicted octanol–water partition coefficient (Wildman–Crippen LogP) is 4.18. The zero-order valence-corrected chi connectivity index (χ0v) is 12.9. The lowest BCUT2D eigenvalue weighted by Gasteiger charge is -2.00. The molecule has 0 aliphatic carbocycles. The van der Waals surface area contributed by atoms with E-state index in [-0.39, 0.29) is 12.2 Å². The van der Waals surface area contributed by atoms with Crippen molar-refractivity contribution in [3.8, 4) is 17.4 Å². The van der Waals surface area contributed by atoms with Crippen molar-refractivity contribution >= 4 is 28.0 Å². The molecule has 0 saturated carbocycles. The van der Waals surface area contributed by atoms with Crippen molar-refractivity contribution in [2.45, 2.75) is 6.92 Å². The van der Waals surface area contributed by atoms with Crippen molar-refractivity contribution in [3.63, 3.8) is 0 Å². The first-order valence-corrected chi connectivity index (χ1v) is 7.08. The average Bonchev–Trinajstić information content (AvgIpc) is 2.93. The minimum atomic E-state index is -0.654. The van der Waals surface area contributed by atoms with Gasteiger partial charge in [-0.2, -0.15) is 5.26 Å². The third-order valence-corrected chi connectivity index (χ3v) is 3.36. The first-order valence-electron chi connectivity index (χ1n) is 6.29. The number of nitrogens with zero attached hydrogens (tertiary/aromatic N) is 1. The molecule has 0 aliphatic heterocycles. The second kappa shape index (κ2) is 6.91. The van der Waals surface area contributed by atoms with E-state index < -0.39 is 5.97 Å². The Labute approximate surface area is 130 Å². The molecule has 4 nitrogen and oxygen atoms in total. The number of ether oxygens (including phenoxy) is 1. The van der Waals surface area contributed by atoms with Gasteiger partial charge in [0.2, 0.25) is 0 Å². The molecule has 2 rings (SSSR count). The maximum absolute atomic E-state index is 11.5. The molecule has 21 heavy (non-hydrogen) atoms. The molecule has 0 N–H and O–H groups in total. The minimum absolute atomic E-state index is 0.0927. The lowest BCUT2D eigenvalue weighted by Crippen LogP contribution is -2.05. The van der Waals surface area contributed by atoms with Gasteiger partial charge in [0, 0.05) is 16.1 Å². The van der Waals surface area contributed by atoms with E-state index in [1.807, 2.05) is 30.3 Å². The molecule has 0 spiro atoms. The van der Waals surface area contributed by atoms with E-state index in [2.05, 4.69) is 15.9 Å². The van der Waals surface area contributed by atoms with Gasteiger partial charge in [-0.3, -0.25) is 0 Å². The topological polar surface area (TPSA) is 63.2 Å². The summed E-state index contributed by atoms with van der Waals surface area (Å²) in [5.41, 5.74) is 0.802. The number of hydrogen-bond acceptors (Lipinski definition) is 4. The Kier molecular flexibility index (Phi) is 4.96. The second-order valence-electron chi connectivity index (χ2n) is 4.07. The summed E-state index contributed by atoms with van der Waals surface area (Å²) in [6.45, 7) is 1.91. The largest absolute Gasteiger partial charge is 0.462 e. The van der Waals surface area contributed by atoms with Crippen molar-refractivity contribution in [1.82, 2.24) is 0 Å². The van der Waals surface area contributed by atoms with Crippen molar-refractivity contribution in [1.29, 1.82) is 5.26 Å². The molecule has 0 unspecified atom stereocenters. The van der Waals surface area contributed by atoms with Crippen LogP contribution in [-0.4, -0.2) is 12.6 Å². The highest BCUT2D eigenvalue weighted by atomic mass is 79.9. The normalized spacial score (nSPS) is 11.0. The lowest BCUT2D eigenvalue weighted by molar-refractivity contribution is -0.137. The van der Waals surface area contributed by atoms with Crippen LogP contribution in [0, 0.1) is 11.3 Å². The highest BCUT2D eigenvalue weighted by Gasteiger charge is 2.12. The Morgan fingerprint density at radius 3 is 2.81 bits per heavy atom. The Balaban J connectivity index is 2.30. The fraction of sp³-hybridized carbons (Fsp3) is 0.125. The van der Waals surface area contributed by atoms with Crippen molar-refractivity contribution in [3.05, 3.63) is 52.2 Å². The van der Waals surface area contributed by atoms with Gasteiger partial charge in [-0.1, -0.05) is 34.1 Å². The minimum Gasteiger partial charge on any atom is -0.462 e. The molecule has 0 atom stereocenters. The molecule has 0 amide bonds. The van der Waals surface area contributed by atoms with Gasteiger partial charge in [0.25, 0.3) is 0 Å². The summed E-state index contributed by atoms with van der Waals surface area (Å²) in [5.74, 6) is 0.416. The number of benzene rings is 1. The van der Waals surface area contributed by atoms with Crippen LogP contribution in [-0.2, 0) is 9.53 Å². The maximum atomic E-state index is 11.5. The molecule has 1 aromatic carbocycles. The molecular formula is C16H12BrNO3. The van der Waals surface area contributed by atoms with E-state index >= 15 is 0 Å². The summed E-state index contributed by atoms with van der Waals surface area (Å²) in [7, 11) is 0. The van der Waals surface area contributed by atoms with E-state index in [0.717, 1.165) is 10.0 Å². The van der Waals surface area contributed by atoms with Crippen LogP contribution in [0.4, 0.5) is 0 Å². The molecule has 0 aliphatic rings. The summed E-state index contributed by atoms with van der Waals surface area (Å²) in [6.07, 6.45) is 1.37.